The van der Waals surface area contributed by atoms with E-state index in [-0.39, 0.29) is 12.2 Å². The van der Waals surface area contributed by atoms with Crippen molar-refractivity contribution in [2.75, 3.05) is 19.0 Å². The summed E-state index contributed by atoms with van der Waals surface area (Å²) in [6, 6.07) is 17.7. The van der Waals surface area contributed by atoms with Gasteiger partial charge in [0.1, 0.15) is 17.1 Å². The molecule has 0 bridgehead atoms. The highest BCUT2D eigenvalue weighted by Gasteiger charge is 2.17. The van der Waals surface area contributed by atoms with Crippen molar-refractivity contribution in [3.8, 4) is 17.1 Å². The second kappa shape index (κ2) is 10.7. The zero-order chi connectivity index (χ0) is 23.0. The van der Waals surface area contributed by atoms with Crippen molar-refractivity contribution >= 4 is 23.1 Å². The van der Waals surface area contributed by atoms with Gasteiger partial charge < -0.3 is 14.8 Å². The highest BCUT2D eigenvalue weighted by molar-refractivity contribution is 7.09. The van der Waals surface area contributed by atoms with E-state index in [0.29, 0.717) is 18.2 Å². The molecule has 2 aromatic carbocycles. The molecule has 168 valence electrons. The molecule has 0 fully saturated rings. The Morgan fingerprint density at radius 1 is 1.06 bits per heavy atom. The molecule has 0 aliphatic rings. The molecular weight excluding hydrogens is 436 g/mol. The number of nitrogens with one attached hydrogen (secondary N) is 1. The summed E-state index contributed by atoms with van der Waals surface area (Å²) < 4.78 is 10.4. The Bertz CT molecular complexity index is 1210. The molecule has 0 saturated carbocycles. The Kier molecular flexibility index (Phi) is 7.26. The summed E-state index contributed by atoms with van der Waals surface area (Å²) >= 11 is 1.61. The summed E-state index contributed by atoms with van der Waals surface area (Å²) in [5.41, 5.74) is 3.20. The number of benzene rings is 2. The fraction of sp³-hybridized carbons (Fsp3) is 0.200. The number of carbonyl (C=O) groups excluding carboxylic acids is 1. The van der Waals surface area contributed by atoms with E-state index in [1.165, 1.54) is 11.8 Å². The first-order chi connectivity index (χ1) is 16.2. The molecular formula is C25H24N4O3S. The van der Waals surface area contributed by atoms with Crippen LogP contribution in [-0.4, -0.2) is 34.6 Å². The lowest BCUT2D eigenvalue weighted by molar-refractivity contribution is 0.0526. The van der Waals surface area contributed by atoms with Crippen LogP contribution in [0.5, 0.6) is 5.75 Å². The fourth-order valence-electron chi connectivity index (χ4n) is 3.21. The van der Waals surface area contributed by atoms with Crippen molar-refractivity contribution in [3.63, 3.8) is 0 Å². The van der Waals surface area contributed by atoms with Crippen LogP contribution in [0.1, 0.15) is 33.5 Å². The van der Waals surface area contributed by atoms with Gasteiger partial charge >= 0.3 is 5.97 Å². The van der Waals surface area contributed by atoms with E-state index >= 15 is 0 Å². The average molecular weight is 461 g/mol. The minimum atomic E-state index is -0.468. The molecule has 2 heterocycles. The predicted octanol–water partition coefficient (Wildman–Crippen LogP) is 4.99. The minimum Gasteiger partial charge on any atom is -0.497 e. The maximum Gasteiger partial charge on any atom is 0.343 e. The first kappa shape index (κ1) is 22.4. The number of hydrogen-bond donors (Lipinski definition) is 1. The van der Waals surface area contributed by atoms with Gasteiger partial charge in [0, 0.05) is 23.6 Å². The molecule has 8 heteroatoms. The van der Waals surface area contributed by atoms with Crippen LogP contribution in [0.3, 0.4) is 0 Å². The third kappa shape index (κ3) is 5.72. The van der Waals surface area contributed by atoms with Gasteiger partial charge in [-0.15, -0.1) is 11.3 Å². The first-order valence-electron chi connectivity index (χ1n) is 10.6. The number of methoxy groups -OCH3 is 1. The Morgan fingerprint density at radius 3 is 2.58 bits per heavy atom. The van der Waals surface area contributed by atoms with Crippen LogP contribution < -0.4 is 10.1 Å². The maximum atomic E-state index is 12.4. The van der Waals surface area contributed by atoms with Crippen LogP contribution in [-0.2, 0) is 17.7 Å². The molecule has 33 heavy (non-hydrogen) atoms. The zero-order valence-electron chi connectivity index (χ0n) is 18.4. The standard InChI is InChI=1S/C25H24N4O3S/c1-3-32-25(30)21-15-27-23(18-9-11-20(31-2)12-10-18)29-24(21)26-14-19-16-33-22(28-19)13-17-7-5-4-6-8-17/h4-12,15-16H,3,13-14H2,1-2H3,(H,26,27,29). The van der Waals surface area contributed by atoms with Gasteiger partial charge in [0.05, 0.1) is 31.0 Å². The van der Waals surface area contributed by atoms with E-state index < -0.39 is 5.97 Å². The monoisotopic (exact) mass is 460 g/mol. The van der Waals surface area contributed by atoms with E-state index in [9.17, 15) is 4.79 Å². The third-order valence-electron chi connectivity index (χ3n) is 4.87. The molecule has 0 radical (unpaired) electrons. The second-order valence-electron chi connectivity index (χ2n) is 7.15. The number of rotatable bonds is 9. The van der Waals surface area contributed by atoms with Gasteiger partial charge in [0.2, 0.25) is 0 Å². The highest BCUT2D eigenvalue weighted by atomic mass is 32.1. The number of carbonyl (C=O) groups is 1. The third-order valence-corrected chi connectivity index (χ3v) is 5.76. The Morgan fingerprint density at radius 2 is 1.85 bits per heavy atom. The molecule has 0 aliphatic carbocycles. The topological polar surface area (TPSA) is 86.2 Å². The normalized spacial score (nSPS) is 10.6. The Labute approximate surface area is 196 Å². The lowest BCUT2D eigenvalue weighted by Crippen LogP contribution is -2.13. The molecule has 0 amide bonds. The van der Waals surface area contributed by atoms with Crippen molar-refractivity contribution in [2.45, 2.75) is 19.9 Å². The predicted molar refractivity (Wildman–Crippen MR) is 129 cm³/mol. The van der Waals surface area contributed by atoms with E-state index in [1.54, 1.807) is 25.4 Å². The number of aromatic nitrogens is 3. The summed E-state index contributed by atoms with van der Waals surface area (Å²) in [5, 5.41) is 6.29. The summed E-state index contributed by atoms with van der Waals surface area (Å²) in [7, 11) is 1.62. The van der Waals surface area contributed by atoms with E-state index in [2.05, 4.69) is 27.4 Å². The zero-order valence-corrected chi connectivity index (χ0v) is 19.3. The van der Waals surface area contributed by atoms with E-state index in [1.807, 2.05) is 47.8 Å². The van der Waals surface area contributed by atoms with Crippen LogP contribution in [0, 0.1) is 0 Å². The largest absolute Gasteiger partial charge is 0.497 e. The summed E-state index contributed by atoms with van der Waals surface area (Å²) in [4.78, 5) is 26.1. The number of esters is 1. The van der Waals surface area contributed by atoms with Crippen LogP contribution in [0.4, 0.5) is 5.82 Å². The van der Waals surface area contributed by atoms with Gasteiger partial charge in [-0.2, -0.15) is 0 Å². The Balaban J connectivity index is 1.53. The van der Waals surface area contributed by atoms with Crippen LogP contribution >= 0.6 is 11.3 Å². The molecule has 2 aromatic heterocycles. The van der Waals surface area contributed by atoms with Gasteiger partial charge in [-0.25, -0.2) is 19.7 Å². The van der Waals surface area contributed by atoms with Gasteiger partial charge in [-0.05, 0) is 36.8 Å². The molecule has 1 N–H and O–H groups in total. The number of hydrogen-bond acceptors (Lipinski definition) is 8. The van der Waals surface area contributed by atoms with Gasteiger partial charge in [-0.1, -0.05) is 30.3 Å². The Hall–Kier alpha value is -3.78. The smallest absolute Gasteiger partial charge is 0.343 e. The van der Waals surface area contributed by atoms with Crippen molar-refractivity contribution in [2.24, 2.45) is 0 Å². The minimum absolute atomic E-state index is 0.271. The first-order valence-corrected chi connectivity index (χ1v) is 11.4. The number of ether oxygens (including phenoxy) is 2. The van der Waals surface area contributed by atoms with Gasteiger partial charge in [0.15, 0.2) is 5.82 Å². The average Bonchev–Trinajstić information content (AvgIpc) is 3.30. The van der Waals surface area contributed by atoms with Crippen molar-refractivity contribution in [1.29, 1.82) is 0 Å². The maximum absolute atomic E-state index is 12.4. The molecule has 0 saturated heterocycles. The number of nitrogens with zero attached hydrogens (tertiary/aromatic N) is 3. The van der Waals surface area contributed by atoms with Crippen LogP contribution in [0.2, 0.25) is 0 Å². The lowest BCUT2D eigenvalue weighted by Gasteiger charge is -2.11. The molecule has 4 rings (SSSR count). The number of anilines is 1. The number of thiazole rings is 1. The molecule has 4 aromatic rings. The molecule has 7 nitrogen and oxygen atoms in total. The van der Waals surface area contributed by atoms with E-state index in [4.69, 9.17) is 14.5 Å². The lowest BCUT2D eigenvalue weighted by atomic mass is 10.2. The highest BCUT2D eigenvalue weighted by Crippen LogP contribution is 2.23. The summed E-state index contributed by atoms with van der Waals surface area (Å²) in [6.07, 6.45) is 2.28. The summed E-state index contributed by atoms with van der Waals surface area (Å²) in [5.74, 6) is 1.18. The quantitative estimate of drug-likeness (QED) is 0.352. The molecule has 0 aliphatic heterocycles. The molecule has 0 unspecified atom stereocenters. The van der Waals surface area contributed by atoms with Crippen molar-refractivity contribution in [3.05, 3.63) is 88.0 Å². The van der Waals surface area contributed by atoms with Crippen molar-refractivity contribution in [1.82, 2.24) is 15.0 Å². The molecule has 0 spiro atoms. The fourth-order valence-corrected chi connectivity index (χ4v) is 4.04. The van der Waals surface area contributed by atoms with Crippen molar-refractivity contribution < 1.29 is 14.3 Å². The molecule has 0 atom stereocenters. The van der Waals surface area contributed by atoms with Gasteiger partial charge in [0.25, 0.3) is 0 Å². The second-order valence-corrected chi connectivity index (χ2v) is 8.10. The van der Waals surface area contributed by atoms with Crippen LogP contribution in [0.15, 0.2) is 66.2 Å². The SMILES string of the molecule is CCOC(=O)c1cnc(-c2ccc(OC)cc2)nc1NCc1csc(Cc2ccccc2)n1. The summed E-state index contributed by atoms with van der Waals surface area (Å²) in [6.45, 7) is 2.46. The van der Waals surface area contributed by atoms with Gasteiger partial charge in [-0.3, -0.25) is 0 Å². The van der Waals surface area contributed by atoms with E-state index in [0.717, 1.165) is 28.4 Å². The van der Waals surface area contributed by atoms with Crippen LogP contribution in [0.25, 0.3) is 11.4 Å².